The minimum absolute atomic E-state index is 0.296. The molecular formula is C18H24F2N6O2. The average Bonchev–Trinajstić information content (AvgIpc) is 3.36. The summed E-state index contributed by atoms with van der Waals surface area (Å²) in [5, 5.41) is 7.16. The van der Waals surface area contributed by atoms with E-state index in [4.69, 9.17) is 10.5 Å². The molecule has 0 aliphatic carbocycles. The number of nitrogens with two attached hydrogens (primary N) is 1. The van der Waals surface area contributed by atoms with Crippen molar-refractivity contribution in [3.05, 3.63) is 24.2 Å². The standard InChI is InChI=1S/C18H24F2N6O2/c1-22-7-6-11-8-18(19,20)9-25(11)17(27)15-5-4-14(28-15)12-2-3-13-16(21)23-10-24-26(12)13/h2-3,10-11,14-15,22H,4-9H2,1H3,(H2,21,23,24)/t11-,14-,15+/m1/s1. The third-order valence-corrected chi connectivity index (χ3v) is 5.52. The van der Waals surface area contributed by atoms with E-state index in [0.717, 1.165) is 5.69 Å². The summed E-state index contributed by atoms with van der Waals surface area (Å²) in [5.74, 6) is -2.84. The van der Waals surface area contributed by atoms with Crippen molar-refractivity contribution in [3.63, 3.8) is 0 Å². The van der Waals surface area contributed by atoms with Gasteiger partial charge in [-0.1, -0.05) is 0 Å². The predicted octanol–water partition coefficient (Wildman–Crippen LogP) is 1.38. The van der Waals surface area contributed by atoms with Gasteiger partial charge >= 0.3 is 0 Å². The minimum atomic E-state index is -2.85. The van der Waals surface area contributed by atoms with Crippen molar-refractivity contribution >= 4 is 17.2 Å². The summed E-state index contributed by atoms with van der Waals surface area (Å²) in [7, 11) is 1.77. The van der Waals surface area contributed by atoms with E-state index in [1.165, 1.54) is 11.2 Å². The molecule has 8 nitrogen and oxygen atoms in total. The van der Waals surface area contributed by atoms with Gasteiger partial charge in [-0.25, -0.2) is 18.3 Å². The average molecular weight is 394 g/mol. The molecule has 152 valence electrons. The highest BCUT2D eigenvalue weighted by Crippen LogP contribution is 2.38. The van der Waals surface area contributed by atoms with Gasteiger partial charge in [-0.3, -0.25) is 4.79 Å². The zero-order chi connectivity index (χ0) is 19.9. The molecule has 4 heterocycles. The quantitative estimate of drug-likeness (QED) is 0.795. The van der Waals surface area contributed by atoms with Gasteiger partial charge in [-0.15, -0.1) is 0 Å². The molecule has 2 aromatic heterocycles. The summed E-state index contributed by atoms with van der Waals surface area (Å²) in [6, 6.07) is 3.18. The largest absolute Gasteiger partial charge is 0.382 e. The first-order valence-corrected chi connectivity index (χ1v) is 9.46. The van der Waals surface area contributed by atoms with E-state index in [2.05, 4.69) is 15.4 Å². The molecule has 2 saturated heterocycles. The second-order valence-electron chi connectivity index (χ2n) is 7.46. The minimum Gasteiger partial charge on any atom is -0.382 e. The van der Waals surface area contributed by atoms with Crippen LogP contribution >= 0.6 is 0 Å². The first-order valence-electron chi connectivity index (χ1n) is 9.46. The summed E-state index contributed by atoms with van der Waals surface area (Å²) in [4.78, 5) is 18.2. The van der Waals surface area contributed by atoms with Crippen LogP contribution in [0.1, 0.15) is 37.5 Å². The highest BCUT2D eigenvalue weighted by atomic mass is 19.3. The van der Waals surface area contributed by atoms with Gasteiger partial charge in [0, 0.05) is 12.5 Å². The number of hydrogen-bond acceptors (Lipinski definition) is 6. The number of nitrogen functional groups attached to an aromatic ring is 1. The van der Waals surface area contributed by atoms with Crippen LogP contribution < -0.4 is 11.1 Å². The fourth-order valence-corrected chi connectivity index (χ4v) is 4.16. The van der Waals surface area contributed by atoms with Gasteiger partial charge in [-0.05, 0) is 45.0 Å². The maximum atomic E-state index is 13.9. The van der Waals surface area contributed by atoms with Crippen LogP contribution in [0, 0.1) is 0 Å². The van der Waals surface area contributed by atoms with E-state index < -0.39 is 24.6 Å². The summed E-state index contributed by atoms with van der Waals surface area (Å²) >= 11 is 0. The van der Waals surface area contributed by atoms with Crippen LogP contribution in [0.25, 0.3) is 5.52 Å². The molecule has 2 aromatic rings. The van der Waals surface area contributed by atoms with Crippen molar-refractivity contribution in [2.75, 3.05) is 25.9 Å². The van der Waals surface area contributed by atoms with Gasteiger partial charge in [-0.2, -0.15) is 5.10 Å². The molecule has 0 radical (unpaired) electrons. The summed E-state index contributed by atoms with van der Waals surface area (Å²) < 4.78 is 35.5. The van der Waals surface area contributed by atoms with Gasteiger partial charge in [0.15, 0.2) is 5.82 Å². The van der Waals surface area contributed by atoms with Crippen LogP contribution in [0.2, 0.25) is 0 Å². The molecular weight excluding hydrogens is 370 g/mol. The molecule has 0 unspecified atom stereocenters. The lowest BCUT2D eigenvalue weighted by Gasteiger charge is -2.26. The molecule has 28 heavy (non-hydrogen) atoms. The molecule has 4 rings (SSSR count). The van der Waals surface area contributed by atoms with Crippen molar-refractivity contribution < 1.29 is 18.3 Å². The molecule has 3 N–H and O–H groups in total. The van der Waals surface area contributed by atoms with Crippen LogP contribution in [-0.2, 0) is 9.53 Å². The van der Waals surface area contributed by atoms with Crippen LogP contribution in [0.5, 0.6) is 0 Å². The zero-order valence-electron chi connectivity index (χ0n) is 15.6. The van der Waals surface area contributed by atoms with Crippen LogP contribution in [0.4, 0.5) is 14.6 Å². The number of nitrogens with zero attached hydrogens (tertiary/aromatic N) is 4. The Kier molecular flexibility index (Phi) is 4.92. The van der Waals surface area contributed by atoms with Crippen molar-refractivity contribution in [1.29, 1.82) is 0 Å². The van der Waals surface area contributed by atoms with Crippen LogP contribution in [-0.4, -0.2) is 63.6 Å². The van der Waals surface area contributed by atoms with Gasteiger partial charge in [0.1, 0.15) is 24.1 Å². The summed E-state index contributed by atoms with van der Waals surface area (Å²) in [6.07, 6.45) is 1.59. The van der Waals surface area contributed by atoms with E-state index in [9.17, 15) is 13.6 Å². The second-order valence-corrected chi connectivity index (χ2v) is 7.46. The number of carbonyl (C=O) groups is 1. The van der Waals surface area contributed by atoms with Crippen molar-refractivity contribution in [2.24, 2.45) is 0 Å². The second kappa shape index (κ2) is 7.25. The number of fused-ring (bicyclic) bond motifs is 1. The molecule has 2 fully saturated rings. The zero-order valence-corrected chi connectivity index (χ0v) is 15.6. The highest BCUT2D eigenvalue weighted by molar-refractivity contribution is 5.82. The first-order chi connectivity index (χ1) is 13.4. The molecule has 10 heteroatoms. The Balaban J connectivity index is 1.48. The SMILES string of the molecule is CNCC[C@@H]1CC(F)(F)CN1C(=O)[C@@H]1CC[C@H](c2ccc3c(N)ncnn23)O1. The molecule has 0 aromatic carbocycles. The number of likely N-dealkylation sites (tertiary alicyclic amines) is 1. The normalized spacial score (nSPS) is 27.0. The third-order valence-electron chi connectivity index (χ3n) is 5.52. The highest BCUT2D eigenvalue weighted by Gasteiger charge is 2.49. The van der Waals surface area contributed by atoms with E-state index in [-0.39, 0.29) is 18.4 Å². The third kappa shape index (κ3) is 3.42. The molecule has 2 aliphatic heterocycles. The van der Waals surface area contributed by atoms with E-state index >= 15 is 0 Å². The fraction of sp³-hybridized carbons (Fsp3) is 0.611. The Labute approximate surface area is 161 Å². The fourth-order valence-electron chi connectivity index (χ4n) is 4.16. The Morgan fingerprint density at radius 3 is 3.04 bits per heavy atom. The summed E-state index contributed by atoms with van der Waals surface area (Å²) in [5.41, 5.74) is 7.30. The van der Waals surface area contributed by atoms with Gasteiger partial charge in [0.2, 0.25) is 0 Å². The number of halogens is 2. The van der Waals surface area contributed by atoms with Crippen molar-refractivity contribution in [3.8, 4) is 0 Å². The smallest absolute Gasteiger partial charge is 0.267 e. The van der Waals surface area contributed by atoms with Crippen LogP contribution in [0.15, 0.2) is 18.5 Å². The maximum Gasteiger partial charge on any atom is 0.267 e. The number of hydrogen-bond donors (Lipinski definition) is 2. The number of aromatic nitrogens is 3. The van der Waals surface area contributed by atoms with E-state index in [0.29, 0.717) is 37.1 Å². The van der Waals surface area contributed by atoms with Crippen molar-refractivity contribution in [1.82, 2.24) is 24.8 Å². The number of anilines is 1. The van der Waals surface area contributed by atoms with Crippen molar-refractivity contribution in [2.45, 2.75) is 49.9 Å². The number of ether oxygens (including phenoxy) is 1. The lowest BCUT2D eigenvalue weighted by molar-refractivity contribution is -0.145. The molecule has 1 amide bonds. The predicted molar refractivity (Wildman–Crippen MR) is 97.9 cm³/mol. The summed E-state index contributed by atoms with van der Waals surface area (Å²) in [6.45, 7) is 0.0402. The number of carbonyl (C=O) groups excluding carboxylic acids is 1. The maximum absolute atomic E-state index is 13.9. The monoisotopic (exact) mass is 394 g/mol. The Morgan fingerprint density at radius 1 is 1.43 bits per heavy atom. The first kappa shape index (κ1) is 19.0. The van der Waals surface area contributed by atoms with E-state index in [1.807, 2.05) is 6.07 Å². The Hall–Kier alpha value is -2.33. The topological polar surface area (TPSA) is 97.8 Å². The van der Waals surface area contributed by atoms with Gasteiger partial charge < -0.3 is 20.7 Å². The van der Waals surface area contributed by atoms with Gasteiger partial charge in [0.25, 0.3) is 11.8 Å². The van der Waals surface area contributed by atoms with E-state index in [1.54, 1.807) is 17.6 Å². The molecule has 2 aliphatic rings. The number of amides is 1. The lowest BCUT2D eigenvalue weighted by Crippen LogP contribution is -2.43. The Bertz CT molecular complexity index is 873. The molecule has 3 atom stereocenters. The Morgan fingerprint density at radius 2 is 2.25 bits per heavy atom. The van der Waals surface area contributed by atoms with Crippen LogP contribution in [0.3, 0.4) is 0 Å². The molecule has 0 spiro atoms. The molecule has 0 bridgehead atoms. The number of nitrogens with one attached hydrogen (secondary N) is 1. The lowest BCUT2D eigenvalue weighted by atomic mass is 10.1. The molecule has 0 saturated carbocycles. The number of rotatable bonds is 5. The van der Waals surface area contributed by atoms with Gasteiger partial charge in [0.05, 0.1) is 12.2 Å². The number of alkyl halides is 2.